The Labute approximate surface area is 328 Å². The Bertz CT molecular complexity index is 1510. The first-order chi connectivity index (χ1) is 25.8. The van der Waals surface area contributed by atoms with Crippen LogP contribution in [0.4, 0.5) is 10.2 Å². The third-order valence-electron chi connectivity index (χ3n) is 10.8. The zero-order valence-electron chi connectivity index (χ0n) is 32.4. The first-order valence-electron chi connectivity index (χ1n) is 20.7. The Hall–Kier alpha value is -2.84. The minimum absolute atomic E-state index is 0.0811. The van der Waals surface area contributed by atoms with E-state index in [9.17, 15) is 9.18 Å². The lowest BCUT2D eigenvalue weighted by Crippen LogP contribution is -2.39. The summed E-state index contributed by atoms with van der Waals surface area (Å²) in [5.74, 6) is 0.261. The highest BCUT2D eigenvalue weighted by Gasteiger charge is 2.25. The van der Waals surface area contributed by atoms with Gasteiger partial charge in [0.15, 0.2) is 11.6 Å². The van der Waals surface area contributed by atoms with E-state index in [1.165, 1.54) is 121 Å². The quantitative estimate of drug-likeness (QED) is 0.0684. The Morgan fingerprint density at radius 2 is 1.40 bits per heavy atom. The van der Waals surface area contributed by atoms with Gasteiger partial charge in [-0.3, -0.25) is 9.48 Å². The summed E-state index contributed by atoms with van der Waals surface area (Å²) in [7, 11) is 0. The van der Waals surface area contributed by atoms with Crippen LogP contribution < -0.4 is 10.5 Å². The molecule has 0 aliphatic carbocycles. The number of piperidine rings is 1. The van der Waals surface area contributed by atoms with Crippen LogP contribution in [0, 0.1) is 5.82 Å². The van der Waals surface area contributed by atoms with Gasteiger partial charge in [0.05, 0.1) is 17.3 Å². The van der Waals surface area contributed by atoms with Gasteiger partial charge in [-0.2, -0.15) is 5.10 Å². The van der Waals surface area contributed by atoms with E-state index in [0.29, 0.717) is 22.8 Å². The maximum Gasteiger partial charge on any atom is 0.222 e. The van der Waals surface area contributed by atoms with Crippen molar-refractivity contribution in [3.8, 4) is 16.9 Å². The van der Waals surface area contributed by atoms with E-state index in [2.05, 4.69) is 17.0 Å². The first kappa shape index (κ1) is 42.9. The lowest BCUT2D eigenvalue weighted by Gasteiger charge is -2.32. The number of pyridine rings is 1. The maximum absolute atomic E-state index is 14.1. The molecule has 1 aliphatic heterocycles. The minimum atomic E-state index is -0.663. The summed E-state index contributed by atoms with van der Waals surface area (Å²) in [5.41, 5.74) is 8.14. The molecule has 1 amide bonds. The van der Waals surface area contributed by atoms with Crippen LogP contribution in [-0.4, -0.2) is 38.7 Å². The number of halogens is 3. The number of aromatic nitrogens is 3. The smallest absolute Gasteiger partial charge is 0.222 e. The van der Waals surface area contributed by atoms with Crippen molar-refractivity contribution in [2.45, 2.75) is 167 Å². The molecule has 1 saturated heterocycles. The monoisotopic (exact) mass is 771 g/mol. The largest absolute Gasteiger partial charge is 0.482 e. The van der Waals surface area contributed by atoms with Gasteiger partial charge in [0.25, 0.3) is 0 Å². The standard InChI is InChI=1S/C43H64Cl2FN5O2/c1-3-4-5-6-7-8-9-10-11-12-13-14-15-16-17-18-19-20-21-22-40(52)50-27-25-36(26-28-50)51-32-35(31-49-51)34-29-39(43(47)48-30-34)53-33(2)41-37(44)23-24-38(46)42(41)45/h23-24,29-33,36H,3-22,25-28H2,1-2H3,(H2,47,48)/t33-/m1/s1. The van der Waals surface area contributed by atoms with Crippen LogP contribution in [0.2, 0.25) is 10.0 Å². The molecule has 0 spiro atoms. The summed E-state index contributed by atoms with van der Waals surface area (Å²) in [6.07, 6.45) is 32.9. The molecule has 53 heavy (non-hydrogen) atoms. The van der Waals surface area contributed by atoms with Crippen molar-refractivity contribution in [1.82, 2.24) is 19.7 Å². The second-order valence-electron chi connectivity index (χ2n) is 15.1. The molecule has 3 heterocycles. The highest BCUT2D eigenvalue weighted by Crippen LogP contribution is 2.37. The SMILES string of the molecule is CCCCCCCCCCCCCCCCCCCCCC(=O)N1CCC(n2cc(-c3cnc(N)c(O[C@H](C)c4c(Cl)ccc(F)c4Cl)c3)cn2)CC1. The summed E-state index contributed by atoms with van der Waals surface area (Å²) in [6, 6.07) is 4.69. The summed E-state index contributed by atoms with van der Waals surface area (Å²) < 4.78 is 22.2. The van der Waals surface area contributed by atoms with Gasteiger partial charge in [0, 0.05) is 53.6 Å². The van der Waals surface area contributed by atoms with Crippen LogP contribution in [0.1, 0.15) is 173 Å². The third-order valence-corrected chi connectivity index (χ3v) is 11.5. The van der Waals surface area contributed by atoms with Crippen molar-refractivity contribution in [1.29, 1.82) is 0 Å². The van der Waals surface area contributed by atoms with Crippen molar-refractivity contribution in [2.24, 2.45) is 0 Å². The average Bonchev–Trinajstić information content (AvgIpc) is 3.66. The van der Waals surface area contributed by atoms with Crippen molar-refractivity contribution < 1.29 is 13.9 Å². The van der Waals surface area contributed by atoms with Crippen LogP contribution in [0.15, 0.2) is 36.8 Å². The molecular formula is C43H64Cl2FN5O2. The number of rotatable bonds is 25. The number of unbranched alkanes of at least 4 members (excludes halogenated alkanes) is 18. The molecule has 1 aromatic carbocycles. The highest BCUT2D eigenvalue weighted by molar-refractivity contribution is 6.36. The predicted octanol–water partition coefficient (Wildman–Crippen LogP) is 13.1. The number of likely N-dealkylation sites (tertiary alicyclic amines) is 1. The summed E-state index contributed by atoms with van der Waals surface area (Å²) >= 11 is 12.5. The number of nitrogens with zero attached hydrogens (tertiary/aromatic N) is 4. The fraction of sp³-hybridized carbons (Fsp3) is 0.651. The first-order valence-corrected chi connectivity index (χ1v) is 21.4. The van der Waals surface area contributed by atoms with Gasteiger partial charge in [0.1, 0.15) is 11.9 Å². The van der Waals surface area contributed by atoms with E-state index in [0.717, 1.165) is 49.9 Å². The number of nitrogens with two attached hydrogens (primary N) is 1. The minimum Gasteiger partial charge on any atom is -0.482 e. The van der Waals surface area contributed by atoms with Gasteiger partial charge in [-0.25, -0.2) is 9.37 Å². The molecule has 0 radical (unpaired) electrons. The molecule has 1 fully saturated rings. The van der Waals surface area contributed by atoms with E-state index in [-0.39, 0.29) is 22.8 Å². The number of carbonyl (C=O) groups excluding carboxylic acids is 1. The lowest BCUT2D eigenvalue weighted by molar-refractivity contribution is -0.132. The third kappa shape index (κ3) is 14.4. The Kier molecular flexibility index (Phi) is 19.3. The number of anilines is 1. The number of amides is 1. The van der Waals surface area contributed by atoms with Gasteiger partial charge in [-0.15, -0.1) is 0 Å². The van der Waals surface area contributed by atoms with Gasteiger partial charge in [-0.1, -0.05) is 146 Å². The molecule has 1 atom stereocenters. The molecule has 7 nitrogen and oxygen atoms in total. The molecule has 0 unspecified atom stereocenters. The van der Waals surface area contributed by atoms with Gasteiger partial charge in [-0.05, 0) is 44.4 Å². The number of nitrogen functional groups attached to an aromatic ring is 1. The number of hydrogen-bond acceptors (Lipinski definition) is 5. The topological polar surface area (TPSA) is 86.3 Å². The predicted molar refractivity (Wildman–Crippen MR) is 218 cm³/mol. The fourth-order valence-corrected chi connectivity index (χ4v) is 8.13. The van der Waals surface area contributed by atoms with Crippen LogP contribution >= 0.6 is 23.2 Å². The molecule has 294 valence electrons. The van der Waals surface area contributed by atoms with Gasteiger partial charge in [0.2, 0.25) is 5.91 Å². The molecule has 3 aromatic rings. The summed E-state index contributed by atoms with van der Waals surface area (Å²) in [5, 5.41) is 4.87. The number of ether oxygens (including phenoxy) is 1. The van der Waals surface area contributed by atoms with Crippen LogP contribution in [0.5, 0.6) is 5.75 Å². The average molecular weight is 773 g/mol. The zero-order valence-corrected chi connectivity index (χ0v) is 33.9. The van der Waals surface area contributed by atoms with Crippen LogP contribution in [0.3, 0.4) is 0 Å². The molecule has 1 aliphatic rings. The highest BCUT2D eigenvalue weighted by atomic mass is 35.5. The van der Waals surface area contributed by atoms with E-state index in [4.69, 9.17) is 33.7 Å². The van der Waals surface area contributed by atoms with E-state index >= 15 is 0 Å². The van der Waals surface area contributed by atoms with Crippen LogP contribution in [-0.2, 0) is 4.79 Å². The summed E-state index contributed by atoms with van der Waals surface area (Å²) in [6.45, 7) is 5.52. The second kappa shape index (κ2) is 23.8. The lowest BCUT2D eigenvalue weighted by atomic mass is 10.0. The van der Waals surface area contributed by atoms with Crippen molar-refractivity contribution in [2.75, 3.05) is 18.8 Å². The summed E-state index contributed by atoms with van der Waals surface area (Å²) in [4.78, 5) is 19.3. The Morgan fingerprint density at radius 3 is 1.96 bits per heavy atom. The molecule has 10 heteroatoms. The number of carbonyl (C=O) groups is 1. The second-order valence-corrected chi connectivity index (χ2v) is 15.8. The van der Waals surface area contributed by atoms with Gasteiger partial charge >= 0.3 is 0 Å². The van der Waals surface area contributed by atoms with E-state index < -0.39 is 11.9 Å². The maximum atomic E-state index is 14.1. The zero-order chi connectivity index (χ0) is 37.8. The fourth-order valence-electron chi connectivity index (χ4n) is 7.45. The molecule has 0 saturated carbocycles. The van der Waals surface area contributed by atoms with E-state index in [1.807, 2.05) is 15.8 Å². The number of hydrogen-bond donors (Lipinski definition) is 1. The Morgan fingerprint density at radius 1 is 0.849 bits per heavy atom. The molecule has 4 rings (SSSR count). The van der Waals surface area contributed by atoms with E-state index in [1.54, 1.807) is 25.4 Å². The normalized spacial score (nSPS) is 14.2. The Balaban J connectivity index is 1.06. The molecular weight excluding hydrogens is 708 g/mol. The van der Waals surface area contributed by atoms with Crippen LogP contribution in [0.25, 0.3) is 11.1 Å². The molecule has 2 N–H and O–H groups in total. The van der Waals surface area contributed by atoms with Crippen molar-refractivity contribution in [3.05, 3.63) is 58.2 Å². The van der Waals surface area contributed by atoms with Crippen molar-refractivity contribution >= 4 is 34.9 Å². The number of benzene rings is 1. The van der Waals surface area contributed by atoms with Gasteiger partial charge < -0.3 is 15.4 Å². The molecule has 2 aromatic heterocycles. The van der Waals surface area contributed by atoms with Crippen molar-refractivity contribution in [3.63, 3.8) is 0 Å². The molecule has 0 bridgehead atoms.